The van der Waals surface area contributed by atoms with E-state index in [-0.39, 0.29) is 11.8 Å². The summed E-state index contributed by atoms with van der Waals surface area (Å²) in [4.78, 5) is 1.99. The lowest BCUT2D eigenvalue weighted by Crippen LogP contribution is -2.41. The van der Waals surface area contributed by atoms with Crippen LogP contribution in [0.3, 0.4) is 0 Å². The van der Waals surface area contributed by atoms with Gasteiger partial charge in [0.05, 0.1) is 6.10 Å². The number of piperidine rings is 1. The van der Waals surface area contributed by atoms with E-state index in [1.807, 2.05) is 18.7 Å². The van der Waals surface area contributed by atoms with Crippen molar-refractivity contribution in [2.24, 2.45) is 0 Å². The molecule has 0 aliphatic carbocycles. The standard InChI is InChI=1S/C15H20F3N5O/c1-4-24-11-6-5-7-22(8-11)13-10(3)9(2)12-19-20-14(15(16,17)18)23(12)21-13/h11H,4-8H2,1-3H3. The molecule has 1 saturated heterocycles. The molecule has 0 spiro atoms. The van der Waals surface area contributed by atoms with Crippen molar-refractivity contribution in [3.8, 4) is 0 Å². The highest BCUT2D eigenvalue weighted by Crippen LogP contribution is 2.31. The Hall–Kier alpha value is -1.90. The van der Waals surface area contributed by atoms with Gasteiger partial charge in [0.25, 0.3) is 5.82 Å². The van der Waals surface area contributed by atoms with Crippen molar-refractivity contribution in [2.75, 3.05) is 24.6 Å². The Balaban J connectivity index is 2.06. The van der Waals surface area contributed by atoms with Gasteiger partial charge < -0.3 is 9.64 Å². The minimum absolute atomic E-state index is 0.0731. The van der Waals surface area contributed by atoms with Gasteiger partial charge in [-0.1, -0.05) is 0 Å². The Morgan fingerprint density at radius 1 is 1.21 bits per heavy atom. The lowest BCUT2D eigenvalue weighted by atomic mass is 10.1. The predicted molar refractivity (Wildman–Crippen MR) is 82.1 cm³/mol. The molecule has 1 atom stereocenters. The van der Waals surface area contributed by atoms with Gasteiger partial charge in [-0.2, -0.15) is 17.7 Å². The Morgan fingerprint density at radius 3 is 2.62 bits per heavy atom. The molecule has 9 heteroatoms. The minimum Gasteiger partial charge on any atom is -0.377 e. The van der Waals surface area contributed by atoms with Crippen LogP contribution < -0.4 is 4.90 Å². The van der Waals surface area contributed by atoms with Crippen molar-refractivity contribution in [3.05, 3.63) is 17.0 Å². The van der Waals surface area contributed by atoms with Gasteiger partial charge in [-0.05, 0) is 33.6 Å². The quantitative estimate of drug-likeness (QED) is 0.858. The van der Waals surface area contributed by atoms with Crippen LogP contribution in [0.5, 0.6) is 0 Å². The molecule has 3 heterocycles. The van der Waals surface area contributed by atoms with Crippen molar-refractivity contribution in [3.63, 3.8) is 0 Å². The first-order valence-electron chi connectivity index (χ1n) is 7.99. The summed E-state index contributed by atoms with van der Waals surface area (Å²) in [5, 5.41) is 11.2. The molecule has 0 aromatic carbocycles. The Bertz CT molecular complexity index is 741. The molecule has 1 aliphatic heterocycles. The molecule has 24 heavy (non-hydrogen) atoms. The summed E-state index contributed by atoms with van der Waals surface area (Å²) in [7, 11) is 0. The van der Waals surface area contributed by atoms with Crippen molar-refractivity contribution in [1.82, 2.24) is 19.8 Å². The second-order valence-corrected chi connectivity index (χ2v) is 6.00. The van der Waals surface area contributed by atoms with Crippen LogP contribution in [0.15, 0.2) is 0 Å². The van der Waals surface area contributed by atoms with E-state index >= 15 is 0 Å². The summed E-state index contributed by atoms with van der Waals surface area (Å²) in [6.07, 6.45) is -2.66. The van der Waals surface area contributed by atoms with Crippen LogP contribution in [0, 0.1) is 13.8 Å². The second kappa shape index (κ2) is 6.19. The van der Waals surface area contributed by atoms with Crippen molar-refractivity contribution >= 4 is 11.5 Å². The van der Waals surface area contributed by atoms with Crippen LogP contribution in [-0.4, -0.2) is 45.6 Å². The summed E-state index contributed by atoms with van der Waals surface area (Å²) in [6, 6.07) is 0. The Morgan fingerprint density at radius 2 is 1.96 bits per heavy atom. The minimum atomic E-state index is -4.60. The molecular weight excluding hydrogens is 323 g/mol. The Labute approximate surface area is 137 Å². The van der Waals surface area contributed by atoms with Crippen molar-refractivity contribution < 1.29 is 17.9 Å². The SMILES string of the molecule is CCOC1CCCN(c2nn3c(C(F)(F)F)nnc3c(C)c2C)C1. The topological polar surface area (TPSA) is 55.5 Å². The lowest BCUT2D eigenvalue weighted by Gasteiger charge is -2.34. The summed E-state index contributed by atoms with van der Waals surface area (Å²) >= 11 is 0. The van der Waals surface area contributed by atoms with E-state index in [1.165, 1.54) is 0 Å². The van der Waals surface area contributed by atoms with Gasteiger partial charge >= 0.3 is 6.18 Å². The van der Waals surface area contributed by atoms with Gasteiger partial charge in [-0.15, -0.1) is 15.3 Å². The zero-order valence-electron chi connectivity index (χ0n) is 13.9. The molecule has 0 bridgehead atoms. The maximum Gasteiger partial charge on any atom is 0.453 e. The number of nitrogens with zero attached hydrogens (tertiary/aromatic N) is 5. The van der Waals surface area contributed by atoms with Crippen LogP contribution >= 0.6 is 0 Å². The van der Waals surface area contributed by atoms with Crippen LogP contribution in [0.1, 0.15) is 36.7 Å². The number of aryl methyl sites for hydroxylation is 1. The van der Waals surface area contributed by atoms with Gasteiger partial charge in [0.2, 0.25) is 0 Å². The molecule has 132 valence electrons. The van der Waals surface area contributed by atoms with E-state index < -0.39 is 12.0 Å². The maximum absolute atomic E-state index is 13.1. The third-order valence-corrected chi connectivity index (χ3v) is 4.40. The predicted octanol–water partition coefficient (Wildman–Crippen LogP) is 2.77. The molecule has 0 amide bonds. The van der Waals surface area contributed by atoms with Crippen LogP contribution in [0.2, 0.25) is 0 Å². The van der Waals surface area contributed by atoms with Gasteiger partial charge in [0, 0.05) is 30.8 Å². The van der Waals surface area contributed by atoms with E-state index in [1.54, 1.807) is 6.92 Å². The molecule has 1 fully saturated rings. The second-order valence-electron chi connectivity index (χ2n) is 6.00. The van der Waals surface area contributed by atoms with E-state index in [4.69, 9.17) is 4.74 Å². The van der Waals surface area contributed by atoms with Crippen LogP contribution in [0.25, 0.3) is 5.65 Å². The van der Waals surface area contributed by atoms with Gasteiger partial charge in [0.1, 0.15) is 0 Å². The fraction of sp³-hybridized carbons (Fsp3) is 0.667. The monoisotopic (exact) mass is 343 g/mol. The molecule has 1 unspecified atom stereocenters. The van der Waals surface area contributed by atoms with Gasteiger partial charge in [-0.25, -0.2) is 0 Å². The highest BCUT2D eigenvalue weighted by molar-refractivity contribution is 5.59. The Kier molecular flexibility index (Phi) is 4.37. The summed E-state index contributed by atoms with van der Waals surface area (Å²) in [6.45, 7) is 7.51. The molecule has 3 rings (SSSR count). The van der Waals surface area contributed by atoms with Gasteiger partial charge in [-0.3, -0.25) is 0 Å². The van der Waals surface area contributed by atoms with E-state index in [0.29, 0.717) is 24.5 Å². The van der Waals surface area contributed by atoms with E-state index in [9.17, 15) is 13.2 Å². The molecule has 0 N–H and O–H groups in total. The number of hydrogen-bond acceptors (Lipinski definition) is 5. The molecule has 2 aromatic heterocycles. The fourth-order valence-corrected chi connectivity index (χ4v) is 3.09. The highest BCUT2D eigenvalue weighted by atomic mass is 19.4. The zero-order valence-corrected chi connectivity index (χ0v) is 13.9. The van der Waals surface area contributed by atoms with Gasteiger partial charge in [0.15, 0.2) is 11.5 Å². The molecule has 0 saturated carbocycles. The first-order chi connectivity index (χ1) is 11.3. The normalized spacial score (nSPS) is 19.2. The van der Waals surface area contributed by atoms with Crippen molar-refractivity contribution in [2.45, 2.75) is 45.9 Å². The number of rotatable bonds is 3. The third-order valence-electron chi connectivity index (χ3n) is 4.40. The number of alkyl halides is 3. The van der Waals surface area contributed by atoms with E-state index in [2.05, 4.69) is 15.3 Å². The van der Waals surface area contributed by atoms with E-state index in [0.717, 1.165) is 29.5 Å². The summed E-state index contributed by atoms with van der Waals surface area (Å²) in [5.74, 6) is -0.560. The molecule has 0 radical (unpaired) electrons. The lowest BCUT2D eigenvalue weighted by molar-refractivity contribution is -0.146. The first-order valence-corrected chi connectivity index (χ1v) is 7.99. The number of ether oxygens (including phenoxy) is 1. The zero-order chi connectivity index (χ0) is 17.5. The molecular formula is C15H20F3N5O. The van der Waals surface area contributed by atoms with Crippen molar-refractivity contribution in [1.29, 1.82) is 0 Å². The smallest absolute Gasteiger partial charge is 0.377 e. The number of fused-ring (bicyclic) bond motifs is 1. The van der Waals surface area contributed by atoms with Crippen LogP contribution in [-0.2, 0) is 10.9 Å². The molecule has 1 aliphatic rings. The third kappa shape index (κ3) is 2.92. The number of halogens is 3. The van der Waals surface area contributed by atoms with Crippen LogP contribution in [0.4, 0.5) is 19.0 Å². The molecule has 6 nitrogen and oxygen atoms in total. The number of anilines is 1. The highest BCUT2D eigenvalue weighted by Gasteiger charge is 2.38. The maximum atomic E-state index is 13.1. The first kappa shape index (κ1) is 16.9. The number of hydrogen-bond donors (Lipinski definition) is 0. The summed E-state index contributed by atoms with van der Waals surface area (Å²) < 4.78 is 45.9. The summed E-state index contributed by atoms with van der Waals surface area (Å²) in [5.41, 5.74) is 1.62. The average Bonchev–Trinajstić information content (AvgIpc) is 2.95. The number of aromatic nitrogens is 4. The largest absolute Gasteiger partial charge is 0.453 e. The molecule has 2 aromatic rings. The fourth-order valence-electron chi connectivity index (χ4n) is 3.09. The average molecular weight is 343 g/mol.